The zero-order valence-corrected chi connectivity index (χ0v) is 20.3. The highest BCUT2D eigenvalue weighted by Gasteiger charge is 2.45. The molecular weight excluding hydrogens is 440 g/mol. The van der Waals surface area contributed by atoms with Crippen molar-refractivity contribution in [1.29, 1.82) is 0 Å². The van der Waals surface area contributed by atoms with E-state index in [1.807, 2.05) is 4.90 Å². The monoisotopic (exact) mass is 472 g/mol. The number of hydrogen-bond donors (Lipinski definition) is 1. The van der Waals surface area contributed by atoms with E-state index in [1.165, 1.54) is 28.8 Å². The van der Waals surface area contributed by atoms with Gasteiger partial charge in [0.15, 0.2) is 5.11 Å². The summed E-state index contributed by atoms with van der Waals surface area (Å²) >= 11 is 5.43. The predicted molar refractivity (Wildman–Crippen MR) is 129 cm³/mol. The Kier molecular flexibility index (Phi) is 6.88. The fourth-order valence-corrected chi connectivity index (χ4v) is 5.51. The Balaban J connectivity index is 1.34. The molecule has 3 fully saturated rings. The van der Waals surface area contributed by atoms with Gasteiger partial charge < -0.3 is 19.9 Å². The van der Waals surface area contributed by atoms with E-state index < -0.39 is 0 Å². The molecule has 3 unspecified atom stereocenters. The predicted octanol–water partition coefficient (Wildman–Crippen LogP) is 1.63. The number of esters is 1. The van der Waals surface area contributed by atoms with Crippen LogP contribution in [-0.2, 0) is 19.1 Å². The summed E-state index contributed by atoms with van der Waals surface area (Å²) in [6.45, 7) is 6.93. The molecule has 1 aromatic rings. The van der Waals surface area contributed by atoms with Gasteiger partial charge in [-0.2, -0.15) is 0 Å². The van der Waals surface area contributed by atoms with Gasteiger partial charge >= 0.3 is 5.97 Å². The molecule has 2 aliphatic heterocycles. The summed E-state index contributed by atoms with van der Waals surface area (Å²) in [5.41, 5.74) is 3.74. The van der Waals surface area contributed by atoms with Crippen LogP contribution in [0.5, 0.6) is 0 Å². The normalized spacial score (nSPS) is 25.4. The van der Waals surface area contributed by atoms with Crippen LogP contribution in [-0.4, -0.2) is 78.6 Å². The fourth-order valence-electron chi connectivity index (χ4n) is 5.20. The average Bonchev–Trinajstić information content (AvgIpc) is 2.82. The molecule has 2 amide bonds. The van der Waals surface area contributed by atoms with Crippen LogP contribution < -0.4 is 10.2 Å². The van der Waals surface area contributed by atoms with Crippen molar-refractivity contribution in [2.75, 3.05) is 44.7 Å². The Morgan fingerprint density at radius 1 is 1.15 bits per heavy atom. The molecule has 3 atom stereocenters. The number of methoxy groups -OCH3 is 1. The number of ether oxygens (including phenoxy) is 1. The maximum Gasteiger partial charge on any atom is 0.308 e. The third-order valence-corrected chi connectivity index (χ3v) is 7.70. The number of piperazine rings is 1. The van der Waals surface area contributed by atoms with E-state index in [4.69, 9.17) is 17.0 Å². The van der Waals surface area contributed by atoms with Crippen LogP contribution in [0.25, 0.3) is 0 Å². The summed E-state index contributed by atoms with van der Waals surface area (Å²) in [6, 6.07) is 6.12. The van der Waals surface area contributed by atoms with Crippen LogP contribution in [0.1, 0.15) is 30.4 Å². The highest BCUT2D eigenvalue weighted by molar-refractivity contribution is 7.80. The maximum absolute atomic E-state index is 13.1. The number of thiocarbonyl (C=S) groups is 1. The van der Waals surface area contributed by atoms with Crippen molar-refractivity contribution in [1.82, 2.24) is 15.1 Å². The lowest BCUT2D eigenvalue weighted by molar-refractivity contribution is -0.149. The van der Waals surface area contributed by atoms with E-state index in [0.717, 1.165) is 13.1 Å². The van der Waals surface area contributed by atoms with E-state index in [9.17, 15) is 14.4 Å². The average molecular weight is 473 g/mol. The lowest BCUT2D eigenvalue weighted by Gasteiger charge is -2.43. The Morgan fingerprint density at radius 2 is 1.88 bits per heavy atom. The van der Waals surface area contributed by atoms with Gasteiger partial charge in [0.05, 0.1) is 18.9 Å². The number of fused-ring (bicyclic) bond motifs is 1. The largest absolute Gasteiger partial charge is 0.469 e. The summed E-state index contributed by atoms with van der Waals surface area (Å²) in [7, 11) is 1.38. The second-order valence-electron chi connectivity index (χ2n) is 9.21. The standard InChI is InChI=1S/C24H32N4O4S/c1-15-5-4-6-20(16(15)2)26-9-11-27(12-10-26)21(29)14-28-22(30)18-8-7-17(23(31)32-3)13-19(18)25-24(28)33/h4-6,17-19H,7-14H2,1-3H3,(H,25,33). The van der Waals surface area contributed by atoms with Crippen LogP contribution in [0.3, 0.4) is 0 Å². The Labute approximate surface area is 200 Å². The lowest BCUT2D eigenvalue weighted by Crippen LogP contribution is -2.63. The molecule has 9 heteroatoms. The molecule has 4 rings (SSSR count). The van der Waals surface area contributed by atoms with Crippen molar-refractivity contribution in [3.63, 3.8) is 0 Å². The van der Waals surface area contributed by atoms with Gasteiger partial charge in [0.25, 0.3) is 0 Å². The van der Waals surface area contributed by atoms with Crippen molar-refractivity contribution >= 4 is 40.8 Å². The van der Waals surface area contributed by atoms with Crippen LogP contribution in [0.4, 0.5) is 5.69 Å². The van der Waals surface area contributed by atoms with Crippen molar-refractivity contribution in [3.8, 4) is 0 Å². The van der Waals surface area contributed by atoms with Gasteiger partial charge in [-0.15, -0.1) is 0 Å². The second kappa shape index (κ2) is 9.67. The van der Waals surface area contributed by atoms with Gasteiger partial charge in [0.2, 0.25) is 11.8 Å². The summed E-state index contributed by atoms with van der Waals surface area (Å²) in [4.78, 5) is 43.6. The molecule has 0 radical (unpaired) electrons. The SMILES string of the molecule is COC(=O)C1CCC2C(=O)N(CC(=O)N3CCN(c4cccc(C)c4C)CC3)C(=S)NC2C1. The zero-order chi connectivity index (χ0) is 23.7. The number of anilines is 1. The number of amides is 2. The number of hydrogen-bond acceptors (Lipinski definition) is 6. The highest BCUT2D eigenvalue weighted by atomic mass is 32.1. The van der Waals surface area contributed by atoms with Crippen molar-refractivity contribution in [2.45, 2.75) is 39.2 Å². The van der Waals surface area contributed by atoms with E-state index in [1.54, 1.807) is 0 Å². The molecule has 3 aliphatic rings. The first-order valence-electron chi connectivity index (χ1n) is 11.6. The molecule has 33 heavy (non-hydrogen) atoms. The first-order valence-corrected chi connectivity index (χ1v) is 12.0. The van der Waals surface area contributed by atoms with Crippen molar-refractivity contribution in [2.24, 2.45) is 11.8 Å². The number of benzene rings is 1. The molecule has 178 valence electrons. The van der Waals surface area contributed by atoms with Gasteiger partial charge in [-0.1, -0.05) is 12.1 Å². The van der Waals surface area contributed by atoms with E-state index in [0.29, 0.717) is 32.4 Å². The quantitative estimate of drug-likeness (QED) is 0.527. The van der Waals surface area contributed by atoms with Gasteiger partial charge in [0.1, 0.15) is 6.54 Å². The third-order valence-electron chi connectivity index (χ3n) is 7.36. The lowest BCUT2D eigenvalue weighted by atomic mass is 9.76. The van der Waals surface area contributed by atoms with Crippen molar-refractivity contribution < 1.29 is 19.1 Å². The van der Waals surface area contributed by atoms with Gasteiger partial charge in [0, 0.05) is 37.9 Å². The molecule has 0 spiro atoms. The Morgan fingerprint density at radius 3 is 2.58 bits per heavy atom. The zero-order valence-electron chi connectivity index (χ0n) is 19.5. The highest BCUT2D eigenvalue weighted by Crippen LogP contribution is 2.33. The number of aryl methyl sites for hydroxylation is 1. The molecule has 1 saturated carbocycles. The Hall–Kier alpha value is -2.68. The molecule has 1 N–H and O–H groups in total. The van der Waals surface area contributed by atoms with E-state index in [-0.39, 0.29) is 47.3 Å². The molecule has 1 aliphatic carbocycles. The maximum atomic E-state index is 13.1. The van der Waals surface area contributed by atoms with Crippen LogP contribution in [0.15, 0.2) is 18.2 Å². The number of carbonyl (C=O) groups is 3. The number of nitrogens with zero attached hydrogens (tertiary/aromatic N) is 3. The number of carbonyl (C=O) groups excluding carboxylic acids is 3. The smallest absolute Gasteiger partial charge is 0.308 e. The summed E-state index contributed by atoms with van der Waals surface area (Å²) in [6.07, 6.45) is 1.71. The molecule has 2 heterocycles. The summed E-state index contributed by atoms with van der Waals surface area (Å²) in [5.74, 6) is -0.942. The molecule has 2 saturated heterocycles. The molecule has 8 nitrogen and oxygen atoms in total. The van der Waals surface area contributed by atoms with Gasteiger partial charge in [-0.3, -0.25) is 19.3 Å². The van der Waals surface area contributed by atoms with Crippen LogP contribution in [0.2, 0.25) is 0 Å². The first-order chi connectivity index (χ1) is 15.8. The minimum absolute atomic E-state index is 0.0439. The minimum atomic E-state index is -0.272. The molecular formula is C24H32N4O4S. The topological polar surface area (TPSA) is 82.2 Å². The van der Waals surface area contributed by atoms with Crippen LogP contribution in [0, 0.1) is 25.7 Å². The number of rotatable bonds is 4. The fraction of sp³-hybridized carbons (Fsp3) is 0.583. The van der Waals surface area contributed by atoms with Gasteiger partial charge in [-0.05, 0) is 62.5 Å². The van der Waals surface area contributed by atoms with Gasteiger partial charge in [-0.25, -0.2) is 0 Å². The number of nitrogens with one attached hydrogen (secondary N) is 1. The van der Waals surface area contributed by atoms with Crippen molar-refractivity contribution in [3.05, 3.63) is 29.3 Å². The molecule has 0 aromatic heterocycles. The molecule has 0 bridgehead atoms. The summed E-state index contributed by atoms with van der Waals surface area (Å²) in [5, 5.41) is 3.48. The second-order valence-corrected chi connectivity index (χ2v) is 9.59. The minimum Gasteiger partial charge on any atom is -0.469 e. The van der Waals surface area contributed by atoms with Crippen LogP contribution >= 0.6 is 12.2 Å². The molecule has 1 aromatic carbocycles. The first kappa shape index (κ1) is 23.5. The van der Waals surface area contributed by atoms with E-state index >= 15 is 0 Å². The van der Waals surface area contributed by atoms with E-state index in [2.05, 4.69) is 42.3 Å². The summed E-state index contributed by atoms with van der Waals surface area (Å²) < 4.78 is 4.86. The Bertz CT molecular complexity index is 960. The third kappa shape index (κ3) is 4.69.